The first-order valence-corrected chi connectivity index (χ1v) is 15.7. The topological polar surface area (TPSA) is 83.9 Å². The van der Waals surface area contributed by atoms with Crippen LogP contribution in [0.5, 0.6) is 5.75 Å². The van der Waals surface area contributed by atoms with Crippen LogP contribution >= 0.6 is 22.9 Å². The molecule has 2 aromatic heterocycles. The number of rotatable bonds is 8. The predicted molar refractivity (Wildman–Crippen MR) is 166 cm³/mol. The summed E-state index contributed by atoms with van der Waals surface area (Å²) in [6, 6.07) is 4.92. The Morgan fingerprint density at radius 3 is 2.74 bits per heavy atom. The van der Waals surface area contributed by atoms with Gasteiger partial charge < -0.3 is 19.3 Å². The summed E-state index contributed by atoms with van der Waals surface area (Å²) in [6.45, 7) is 9.00. The molecule has 3 aromatic rings. The lowest BCUT2D eigenvalue weighted by Crippen LogP contribution is -2.47. The number of benzene rings is 1. The van der Waals surface area contributed by atoms with Gasteiger partial charge in [-0.05, 0) is 70.3 Å². The van der Waals surface area contributed by atoms with Gasteiger partial charge in [0.15, 0.2) is 33.4 Å². The Kier molecular flexibility index (Phi) is 10.1. The van der Waals surface area contributed by atoms with Crippen LogP contribution in [0.4, 0.5) is 15.3 Å². The standard InChI is InChI=1S/C31H36ClFN6O3S/c1-20(38-16-14-37(3)15-17-38)9-10-22-11-12-25(24(33)19-22)42-18-6-8-26-27(30(40)41-4)34-31(43-26)39-13-5-7-23-21(2)28(32)35-36-29(23)39/h11-12,19-20H,5-8,13-18H2,1-4H3. The van der Waals surface area contributed by atoms with Gasteiger partial charge >= 0.3 is 5.97 Å². The van der Waals surface area contributed by atoms with Crippen molar-refractivity contribution in [1.82, 2.24) is 25.0 Å². The number of halogens is 2. The molecule has 1 atom stereocenters. The highest BCUT2D eigenvalue weighted by molar-refractivity contribution is 7.16. The maximum absolute atomic E-state index is 14.8. The van der Waals surface area contributed by atoms with E-state index in [2.05, 4.69) is 50.8 Å². The molecule has 0 aliphatic carbocycles. The highest BCUT2D eigenvalue weighted by Crippen LogP contribution is 2.38. The van der Waals surface area contributed by atoms with Crippen LogP contribution in [0.15, 0.2) is 18.2 Å². The van der Waals surface area contributed by atoms with Gasteiger partial charge in [-0.3, -0.25) is 4.90 Å². The molecule has 9 nitrogen and oxygen atoms in total. The lowest BCUT2D eigenvalue weighted by Gasteiger charge is -2.34. The van der Waals surface area contributed by atoms with Crippen LogP contribution in [0.2, 0.25) is 5.15 Å². The summed E-state index contributed by atoms with van der Waals surface area (Å²) in [5.41, 5.74) is 2.84. The quantitative estimate of drug-likeness (QED) is 0.197. The Hall–Kier alpha value is -3.30. The van der Waals surface area contributed by atoms with Crippen LogP contribution in [0, 0.1) is 24.6 Å². The van der Waals surface area contributed by atoms with E-state index in [9.17, 15) is 9.18 Å². The summed E-state index contributed by atoms with van der Waals surface area (Å²) in [5, 5.41) is 9.47. The second-order valence-corrected chi connectivity index (χ2v) is 12.2. The lowest BCUT2D eigenvalue weighted by atomic mass is 10.0. The Morgan fingerprint density at radius 1 is 1.21 bits per heavy atom. The summed E-state index contributed by atoms with van der Waals surface area (Å²) >= 11 is 7.62. The van der Waals surface area contributed by atoms with E-state index in [1.807, 2.05) is 11.8 Å². The first-order chi connectivity index (χ1) is 20.7. The minimum atomic E-state index is -0.501. The molecule has 1 fully saturated rings. The number of hydrogen-bond donors (Lipinski definition) is 0. The molecule has 1 saturated heterocycles. The molecule has 0 N–H and O–H groups in total. The largest absolute Gasteiger partial charge is 0.491 e. The molecule has 12 heteroatoms. The van der Waals surface area contributed by atoms with E-state index in [0.717, 1.165) is 55.0 Å². The van der Waals surface area contributed by atoms with Crippen molar-refractivity contribution >= 4 is 39.9 Å². The number of esters is 1. The number of carbonyl (C=O) groups is 1. The van der Waals surface area contributed by atoms with Crippen LogP contribution in [0.25, 0.3) is 0 Å². The van der Waals surface area contributed by atoms with Crippen molar-refractivity contribution in [2.75, 3.05) is 58.4 Å². The molecule has 1 unspecified atom stereocenters. The van der Waals surface area contributed by atoms with Crippen LogP contribution in [-0.4, -0.2) is 90.5 Å². The third-order valence-electron chi connectivity index (χ3n) is 7.87. The molecule has 4 heterocycles. The second kappa shape index (κ2) is 14.0. The van der Waals surface area contributed by atoms with Gasteiger partial charge in [0.05, 0.1) is 19.8 Å². The number of aryl methyl sites for hydroxylation is 1. The van der Waals surface area contributed by atoms with Crippen molar-refractivity contribution in [2.24, 2.45) is 0 Å². The minimum Gasteiger partial charge on any atom is -0.491 e. The SMILES string of the molecule is COC(=O)c1nc(N2CCCc3c2nnc(Cl)c3C)sc1CCCOc1ccc(C#CC(C)N2CCN(C)CC2)cc1F. The van der Waals surface area contributed by atoms with Crippen LogP contribution in [0.3, 0.4) is 0 Å². The van der Waals surface area contributed by atoms with Crippen molar-refractivity contribution in [3.63, 3.8) is 0 Å². The smallest absolute Gasteiger partial charge is 0.357 e. The summed E-state index contributed by atoms with van der Waals surface area (Å²) in [4.78, 5) is 24.6. The van der Waals surface area contributed by atoms with E-state index >= 15 is 0 Å². The summed E-state index contributed by atoms with van der Waals surface area (Å²) in [7, 11) is 3.46. The fraction of sp³-hybridized carbons (Fsp3) is 0.484. The zero-order chi connectivity index (χ0) is 30.5. The molecule has 1 aromatic carbocycles. The molecule has 2 aliphatic rings. The highest BCUT2D eigenvalue weighted by Gasteiger charge is 2.28. The number of anilines is 2. The average molecular weight is 627 g/mol. The molecule has 228 valence electrons. The molecule has 2 aliphatic heterocycles. The van der Waals surface area contributed by atoms with E-state index in [1.165, 1.54) is 24.5 Å². The van der Waals surface area contributed by atoms with Crippen molar-refractivity contribution in [3.8, 4) is 17.6 Å². The van der Waals surface area contributed by atoms with Crippen LogP contribution in [0.1, 0.15) is 51.8 Å². The van der Waals surface area contributed by atoms with Gasteiger partial charge in [-0.25, -0.2) is 14.2 Å². The number of hydrogen-bond acceptors (Lipinski definition) is 10. The van der Waals surface area contributed by atoms with Gasteiger partial charge in [-0.1, -0.05) is 23.4 Å². The Labute approximate surface area is 261 Å². The van der Waals surface area contributed by atoms with Crippen molar-refractivity contribution in [1.29, 1.82) is 0 Å². The second-order valence-electron chi connectivity index (χ2n) is 10.8. The molecular weight excluding hydrogens is 591 g/mol. The number of piperazine rings is 1. The van der Waals surface area contributed by atoms with Gasteiger partial charge in [0.25, 0.3) is 0 Å². The fourth-order valence-electron chi connectivity index (χ4n) is 5.22. The van der Waals surface area contributed by atoms with Crippen molar-refractivity contribution in [2.45, 2.75) is 45.6 Å². The highest BCUT2D eigenvalue weighted by atomic mass is 35.5. The van der Waals surface area contributed by atoms with Gasteiger partial charge in [-0.2, -0.15) is 0 Å². The number of aromatic nitrogens is 3. The number of likely N-dealkylation sites (N-methyl/N-ethyl adjacent to an activating group) is 1. The van der Waals surface area contributed by atoms with Crippen LogP contribution in [-0.2, 0) is 17.6 Å². The van der Waals surface area contributed by atoms with Gasteiger partial charge in [0.2, 0.25) is 0 Å². The normalized spacial score (nSPS) is 16.3. The van der Waals surface area contributed by atoms with E-state index < -0.39 is 11.8 Å². The third-order valence-corrected chi connectivity index (χ3v) is 9.37. The lowest BCUT2D eigenvalue weighted by molar-refractivity contribution is 0.0593. The molecule has 0 saturated carbocycles. The van der Waals surface area contributed by atoms with E-state index in [0.29, 0.717) is 41.1 Å². The molecule has 0 spiro atoms. The Bertz CT molecular complexity index is 1530. The zero-order valence-corrected chi connectivity index (χ0v) is 26.5. The van der Waals surface area contributed by atoms with E-state index in [-0.39, 0.29) is 24.1 Å². The van der Waals surface area contributed by atoms with Crippen molar-refractivity contribution < 1.29 is 18.7 Å². The third kappa shape index (κ3) is 7.27. The number of carbonyl (C=O) groups excluding carboxylic acids is 1. The van der Waals surface area contributed by atoms with E-state index in [4.69, 9.17) is 21.1 Å². The first kappa shape index (κ1) is 31.1. The molecule has 0 bridgehead atoms. The van der Waals surface area contributed by atoms with Gasteiger partial charge in [-0.15, -0.1) is 21.5 Å². The Morgan fingerprint density at radius 2 is 2.00 bits per heavy atom. The van der Waals surface area contributed by atoms with Gasteiger partial charge in [0.1, 0.15) is 0 Å². The molecular formula is C31H36ClFN6O3S. The molecule has 0 amide bonds. The van der Waals surface area contributed by atoms with E-state index in [1.54, 1.807) is 12.1 Å². The first-order valence-electron chi connectivity index (χ1n) is 14.5. The molecule has 5 rings (SSSR count). The maximum Gasteiger partial charge on any atom is 0.357 e. The fourth-order valence-corrected chi connectivity index (χ4v) is 6.49. The number of methoxy groups -OCH3 is 1. The predicted octanol–water partition coefficient (Wildman–Crippen LogP) is 4.90. The molecule has 43 heavy (non-hydrogen) atoms. The number of nitrogens with zero attached hydrogens (tertiary/aromatic N) is 6. The monoisotopic (exact) mass is 626 g/mol. The number of ether oxygens (including phenoxy) is 2. The summed E-state index contributed by atoms with van der Waals surface area (Å²) in [5.74, 6) is 6.29. The average Bonchev–Trinajstić information content (AvgIpc) is 3.44. The summed E-state index contributed by atoms with van der Waals surface area (Å²) < 4.78 is 25.6. The van der Waals surface area contributed by atoms with Gasteiger partial charge in [0, 0.05) is 48.7 Å². The Balaban J connectivity index is 1.20. The minimum absolute atomic E-state index is 0.107. The number of fused-ring (bicyclic) bond motifs is 1. The zero-order valence-electron chi connectivity index (χ0n) is 25.0. The summed E-state index contributed by atoms with van der Waals surface area (Å²) in [6.07, 6.45) is 2.83. The van der Waals surface area contributed by atoms with Crippen LogP contribution < -0.4 is 9.64 Å². The van der Waals surface area contributed by atoms with Crippen molar-refractivity contribution in [3.05, 3.63) is 56.4 Å². The number of thiazole rings is 1. The molecule has 0 radical (unpaired) electrons. The maximum atomic E-state index is 14.8.